The van der Waals surface area contributed by atoms with Crippen molar-refractivity contribution >= 4 is 17.7 Å². The van der Waals surface area contributed by atoms with Gasteiger partial charge in [0.15, 0.2) is 6.10 Å². The van der Waals surface area contributed by atoms with Crippen LogP contribution in [0.4, 0.5) is 0 Å². The summed E-state index contributed by atoms with van der Waals surface area (Å²) in [6.45, 7) is 4.48. The van der Waals surface area contributed by atoms with Gasteiger partial charge in [-0.1, -0.05) is 38.3 Å². The number of unbranched alkanes of at least 4 members (excludes halogenated alkanes) is 2. The summed E-state index contributed by atoms with van der Waals surface area (Å²) in [7, 11) is 0. The first kappa shape index (κ1) is 19.1. The minimum absolute atomic E-state index is 0.408. The number of aliphatic hydroxyl groups is 1. The molecule has 6 nitrogen and oxygen atoms in total. The summed E-state index contributed by atoms with van der Waals surface area (Å²) >= 11 is 0. The van der Waals surface area contributed by atoms with Crippen molar-refractivity contribution in [2.75, 3.05) is 0 Å². The molecule has 1 aliphatic rings. The number of ether oxygens (including phenoxy) is 2. The van der Waals surface area contributed by atoms with Gasteiger partial charge in [-0.05, 0) is 12.5 Å². The van der Waals surface area contributed by atoms with Crippen LogP contribution >= 0.6 is 0 Å². The van der Waals surface area contributed by atoms with Gasteiger partial charge in [-0.25, -0.2) is 0 Å². The Morgan fingerprint density at radius 1 is 1.22 bits per heavy atom. The average Bonchev–Trinajstić information content (AvgIpc) is 2.73. The van der Waals surface area contributed by atoms with E-state index in [0.717, 1.165) is 19.3 Å². The molecule has 0 heterocycles. The molecule has 6 heteroatoms. The van der Waals surface area contributed by atoms with Gasteiger partial charge in [0, 0.05) is 19.4 Å². The zero-order chi connectivity index (χ0) is 17.4. The van der Waals surface area contributed by atoms with Crippen molar-refractivity contribution in [2.24, 2.45) is 0 Å². The molecule has 0 saturated carbocycles. The first-order valence-corrected chi connectivity index (χ1v) is 7.81. The molecule has 0 radical (unpaired) electrons. The Morgan fingerprint density at radius 3 is 2.39 bits per heavy atom. The Kier molecular flexibility index (Phi) is 7.68. The van der Waals surface area contributed by atoms with Gasteiger partial charge in [0.25, 0.3) is 0 Å². The van der Waals surface area contributed by atoms with Crippen LogP contribution in [-0.4, -0.2) is 41.1 Å². The van der Waals surface area contributed by atoms with Crippen LogP contribution in [0.1, 0.15) is 46.5 Å². The number of carbonyl (C=O) groups is 3. The van der Waals surface area contributed by atoms with Crippen LogP contribution < -0.4 is 0 Å². The van der Waals surface area contributed by atoms with Gasteiger partial charge < -0.3 is 14.6 Å². The molecule has 0 aromatic carbocycles. The second kappa shape index (κ2) is 9.25. The zero-order valence-electron chi connectivity index (χ0n) is 13.8. The highest BCUT2D eigenvalue weighted by Crippen LogP contribution is 2.25. The molecule has 0 spiro atoms. The molecule has 23 heavy (non-hydrogen) atoms. The van der Waals surface area contributed by atoms with Crippen LogP contribution in [0.2, 0.25) is 0 Å². The molecule has 1 rings (SSSR count). The number of esters is 2. The minimum Gasteiger partial charge on any atom is -0.453 e. The van der Waals surface area contributed by atoms with Crippen molar-refractivity contribution in [2.45, 2.75) is 64.8 Å². The molecular weight excluding hydrogens is 300 g/mol. The summed E-state index contributed by atoms with van der Waals surface area (Å²) in [6.07, 6.45) is 5.25. The van der Waals surface area contributed by atoms with Crippen molar-refractivity contribution in [1.29, 1.82) is 0 Å². The average molecular weight is 324 g/mol. The summed E-state index contributed by atoms with van der Waals surface area (Å²) in [5, 5.41) is 9.89. The first-order valence-electron chi connectivity index (χ1n) is 7.81. The SMILES string of the molecule is CCCCCC(O)/C=C/C1=CC(=O)[C@H](OC(C)=O)[C@H]1OC(C)=O. The number of ketones is 1. The Balaban J connectivity index is 2.77. The summed E-state index contributed by atoms with van der Waals surface area (Å²) in [5.74, 6) is -1.64. The third-order valence-electron chi connectivity index (χ3n) is 3.39. The summed E-state index contributed by atoms with van der Waals surface area (Å²) in [6, 6.07) is 0. The number of hydrogen-bond donors (Lipinski definition) is 1. The van der Waals surface area contributed by atoms with Gasteiger partial charge in [0.2, 0.25) is 11.9 Å². The second-order valence-corrected chi connectivity index (χ2v) is 5.53. The minimum atomic E-state index is -1.16. The van der Waals surface area contributed by atoms with E-state index in [-0.39, 0.29) is 0 Å². The van der Waals surface area contributed by atoms with Crippen LogP contribution in [-0.2, 0) is 23.9 Å². The highest BCUT2D eigenvalue weighted by Gasteiger charge is 2.40. The fourth-order valence-corrected chi connectivity index (χ4v) is 2.32. The Morgan fingerprint density at radius 2 is 1.83 bits per heavy atom. The van der Waals surface area contributed by atoms with Crippen molar-refractivity contribution in [1.82, 2.24) is 0 Å². The highest BCUT2D eigenvalue weighted by atomic mass is 16.6. The normalized spacial score (nSPS) is 22.1. The van der Waals surface area contributed by atoms with Gasteiger partial charge in [-0.3, -0.25) is 14.4 Å². The van der Waals surface area contributed by atoms with Crippen molar-refractivity contribution in [3.8, 4) is 0 Å². The lowest BCUT2D eigenvalue weighted by Crippen LogP contribution is -2.36. The van der Waals surface area contributed by atoms with Gasteiger partial charge in [0.05, 0.1) is 6.10 Å². The van der Waals surface area contributed by atoms with Crippen molar-refractivity contribution < 1.29 is 29.0 Å². The number of hydrogen-bond acceptors (Lipinski definition) is 6. The molecule has 0 aromatic rings. The summed E-state index contributed by atoms with van der Waals surface area (Å²) < 4.78 is 10.0. The van der Waals surface area contributed by atoms with Crippen LogP contribution in [0.15, 0.2) is 23.8 Å². The van der Waals surface area contributed by atoms with Crippen LogP contribution in [0, 0.1) is 0 Å². The lowest BCUT2D eigenvalue weighted by atomic mass is 10.1. The van der Waals surface area contributed by atoms with Gasteiger partial charge >= 0.3 is 11.9 Å². The van der Waals surface area contributed by atoms with Crippen molar-refractivity contribution in [3.63, 3.8) is 0 Å². The molecular formula is C17H24O6. The van der Waals surface area contributed by atoms with Crippen LogP contribution in [0.3, 0.4) is 0 Å². The smallest absolute Gasteiger partial charge is 0.303 e. The quantitative estimate of drug-likeness (QED) is 0.541. The number of aliphatic hydroxyl groups excluding tert-OH is 1. The molecule has 3 atom stereocenters. The third kappa shape index (κ3) is 6.36. The molecule has 0 aliphatic heterocycles. The molecule has 0 amide bonds. The van der Waals surface area contributed by atoms with Gasteiger partial charge in [-0.2, -0.15) is 0 Å². The highest BCUT2D eigenvalue weighted by molar-refractivity contribution is 6.00. The molecule has 0 saturated heterocycles. The summed E-state index contributed by atoms with van der Waals surface area (Å²) in [5.41, 5.74) is 0.408. The maximum Gasteiger partial charge on any atom is 0.303 e. The lowest BCUT2D eigenvalue weighted by molar-refractivity contribution is -0.163. The predicted octanol–water partition coefficient (Wildman–Crippen LogP) is 1.86. The largest absolute Gasteiger partial charge is 0.453 e. The zero-order valence-corrected chi connectivity index (χ0v) is 13.8. The molecule has 128 valence electrons. The van der Waals surface area contributed by atoms with Crippen molar-refractivity contribution in [3.05, 3.63) is 23.8 Å². The van der Waals surface area contributed by atoms with Gasteiger partial charge in [0.1, 0.15) is 0 Å². The van der Waals surface area contributed by atoms with E-state index in [1.807, 2.05) is 0 Å². The predicted molar refractivity (Wildman–Crippen MR) is 83.5 cm³/mol. The molecule has 0 fully saturated rings. The van der Waals surface area contributed by atoms with E-state index in [1.54, 1.807) is 12.2 Å². The first-order chi connectivity index (χ1) is 10.8. The Hall–Kier alpha value is -1.95. The Labute approximate surface area is 136 Å². The second-order valence-electron chi connectivity index (χ2n) is 5.53. The third-order valence-corrected chi connectivity index (χ3v) is 3.39. The number of rotatable bonds is 8. The lowest BCUT2D eigenvalue weighted by Gasteiger charge is -2.20. The van der Waals surface area contributed by atoms with E-state index in [2.05, 4.69) is 6.92 Å². The molecule has 0 aromatic heterocycles. The Bertz CT molecular complexity index is 505. The van der Waals surface area contributed by atoms with E-state index in [9.17, 15) is 19.5 Å². The van der Waals surface area contributed by atoms with Gasteiger partial charge in [-0.15, -0.1) is 0 Å². The van der Waals surface area contributed by atoms with Crippen LogP contribution in [0.25, 0.3) is 0 Å². The fourth-order valence-electron chi connectivity index (χ4n) is 2.32. The van der Waals surface area contributed by atoms with E-state index in [0.29, 0.717) is 12.0 Å². The van der Waals surface area contributed by atoms with E-state index >= 15 is 0 Å². The van der Waals surface area contributed by atoms with E-state index in [4.69, 9.17) is 9.47 Å². The van der Waals surface area contributed by atoms with E-state index < -0.39 is 36.0 Å². The molecule has 0 bridgehead atoms. The molecule has 1 N–H and O–H groups in total. The molecule has 1 aliphatic carbocycles. The topological polar surface area (TPSA) is 89.9 Å². The van der Waals surface area contributed by atoms with E-state index in [1.165, 1.54) is 19.9 Å². The number of carbonyl (C=O) groups excluding carboxylic acids is 3. The summed E-state index contributed by atoms with van der Waals surface area (Å²) in [4.78, 5) is 34.2. The monoisotopic (exact) mass is 324 g/mol. The van der Waals surface area contributed by atoms with Crippen LogP contribution in [0.5, 0.6) is 0 Å². The maximum absolute atomic E-state index is 11.9. The fraction of sp³-hybridized carbons (Fsp3) is 0.588. The molecule has 1 unspecified atom stereocenters. The maximum atomic E-state index is 11.9. The standard InChI is InChI=1S/C17H24O6/c1-4-5-6-7-14(20)9-8-13-10-15(21)17(23-12(3)19)16(13)22-11(2)18/h8-10,14,16-17,20H,4-7H2,1-3H3/b9-8+/t14?,16-,17-/m0/s1.